The van der Waals surface area contributed by atoms with E-state index in [4.69, 9.17) is 14.8 Å². The minimum absolute atomic E-state index is 0. The van der Waals surface area contributed by atoms with Crippen molar-refractivity contribution in [3.63, 3.8) is 0 Å². The van der Waals surface area contributed by atoms with Crippen LogP contribution in [0.1, 0.15) is 16.7 Å². The summed E-state index contributed by atoms with van der Waals surface area (Å²) in [5.41, 5.74) is 2.57. The average molecular weight is 464 g/mol. The van der Waals surface area contributed by atoms with Crippen LogP contribution >= 0.6 is 11.8 Å². The van der Waals surface area contributed by atoms with Crippen molar-refractivity contribution in [3.8, 4) is 5.75 Å². The molecule has 1 fully saturated rings. The van der Waals surface area contributed by atoms with Crippen LogP contribution in [-0.4, -0.2) is 33.8 Å². The van der Waals surface area contributed by atoms with Crippen molar-refractivity contribution in [2.75, 3.05) is 0 Å². The number of imide groups is 1. The highest BCUT2D eigenvalue weighted by molar-refractivity contribution is 8.18. The Morgan fingerprint density at radius 2 is 1.55 bits per heavy atom. The minimum atomic E-state index is -0.357. The Morgan fingerprint density at radius 1 is 0.909 bits per heavy atom. The summed E-state index contributed by atoms with van der Waals surface area (Å²) >= 11 is 0.904. The third-order valence-corrected chi connectivity index (χ3v) is 5.46. The molecule has 1 saturated heterocycles. The van der Waals surface area contributed by atoms with Crippen molar-refractivity contribution in [2.24, 2.45) is 0 Å². The molecule has 0 aliphatic carbocycles. The van der Waals surface area contributed by atoms with Crippen LogP contribution in [0.3, 0.4) is 0 Å². The van der Waals surface area contributed by atoms with Gasteiger partial charge in [0.05, 0.1) is 11.4 Å². The lowest BCUT2D eigenvalue weighted by Gasteiger charge is -2.12. The zero-order chi connectivity index (χ0) is 23.6. The summed E-state index contributed by atoms with van der Waals surface area (Å²) in [7, 11) is 0. The number of thioether (sulfide) groups is 1. The maximum Gasteiger partial charge on any atom is 0.482 e. The van der Waals surface area contributed by atoms with Crippen molar-refractivity contribution in [3.05, 3.63) is 106 Å². The SMILES string of the molecule is O=C1S/C(=C\c2ccc(OCc3ccccc3)cc2)C(=O)N1Cc1ccc(F)cc1.O[B]O. The number of ether oxygens (including phenoxy) is 1. The number of amides is 2. The monoisotopic (exact) mass is 464 g/mol. The van der Waals surface area contributed by atoms with Crippen LogP contribution in [-0.2, 0) is 17.9 Å². The van der Waals surface area contributed by atoms with Gasteiger partial charge in [0.25, 0.3) is 11.1 Å². The van der Waals surface area contributed by atoms with E-state index >= 15 is 0 Å². The molecule has 167 valence electrons. The van der Waals surface area contributed by atoms with Crippen LogP contribution in [0.5, 0.6) is 5.75 Å². The van der Waals surface area contributed by atoms with E-state index in [1.165, 1.54) is 17.0 Å². The van der Waals surface area contributed by atoms with Crippen LogP contribution in [0.4, 0.5) is 9.18 Å². The Balaban J connectivity index is 0.000000968. The molecule has 9 heteroatoms. The highest BCUT2D eigenvalue weighted by atomic mass is 32.2. The molecular formula is C24H20BFNO5S. The molecule has 0 atom stereocenters. The Bertz CT molecular complexity index is 1110. The molecule has 1 aliphatic heterocycles. The standard InChI is InChI=1S/C24H18FNO3S.BH2O2/c25-20-10-6-18(7-11-20)15-26-23(27)22(30-24(26)28)14-17-8-12-21(13-9-17)29-16-19-4-2-1-3-5-19;2-1-3/h1-14H,15-16H2;2-3H/b22-14-;. The second kappa shape index (κ2) is 12.0. The number of carbonyl (C=O) groups excluding carboxylic acids is 2. The predicted molar refractivity (Wildman–Crippen MR) is 125 cm³/mol. The Hall–Kier alpha value is -3.40. The van der Waals surface area contributed by atoms with Crippen LogP contribution < -0.4 is 4.74 Å². The van der Waals surface area contributed by atoms with E-state index in [0.717, 1.165) is 28.6 Å². The van der Waals surface area contributed by atoms with Gasteiger partial charge in [-0.05, 0) is 58.8 Å². The highest BCUT2D eigenvalue weighted by Crippen LogP contribution is 2.33. The summed E-state index contributed by atoms with van der Waals surface area (Å²) in [5, 5.41) is 13.7. The smallest absolute Gasteiger partial charge is 0.482 e. The molecule has 4 rings (SSSR count). The van der Waals surface area contributed by atoms with Crippen molar-refractivity contribution in [1.82, 2.24) is 4.90 Å². The highest BCUT2D eigenvalue weighted by Gasteiger charge is 2.34. The van der Waals surface area contributed by atoms with Gasteiger partial charge in [-0.25, -0.2) is 4.39 Å². The minimum Gasteiger partial charge on any atom is -0.489 e. The van der Waals surface area contributed by atoms with E-state index < -0.39 is 0 Å². The summed E-state index contributed by atoms with van der Waals surface area (Å²) in [6.07, 6.45) is 1.69. The molecule has 0 bridgehead atoms. The first-order chi connectivity index (χ1) is 16.0. The molecule has 0 spiro atoms. The molecule has 0 unspecified atom stereocenters. The number of hydrogen-bond donors (Lipinski definition) is 2. The van der Waals surface area contributed by atoms with E-state index in [-0.39, 0.29) is 31.2 Å². The van der Waals surface area contributed by atoms with Gasteiger partial charge in [0.2, 0.25) is 0 Å². The zero-order valence-corrected chi connectivity index (χ0v) is 18.2. The molecule has 1 heterocycles. The van der Waals surface area contributed by atoms with Gasteiger partial charge in [-0.3, -0.25) is 14.5 Å². The molecule has 33 heavy (non-hydrogen) atoms. The molecule has 3 aromatic rings. The van der Waals surface area contributed by atoms with E-state index in [1.807, 2.05) is 54.6 Å². The fourth-order valence-electron chi connectivity index (χ4n) is 2.96. The molecule has 1 aliphatic rings. The number of benzene rings is 3. The van der Waals surface area contributed by atoms with Crippen molar-refractivity contribution >= 4 is 36.7 Å². The van der Waals surface area contributed by atoms with Crippen LogP contribution in [0.15, 0.2) is 83.8 Å². The van der Waals surface area contributed by atoms with E-state index in [9.17, 15) is 14.0 Å². The lowest BCUT2D eigenvalue weighted by atomic mass is 10.2. The maximum atomic E-state index is 13.1. The Kier molecular flexibility index (Phi) is 8.83. The quantitative estimate of drug-likeness (QED) is 0.421. The van der Waals surface area contributed by atoms with E-state index in [0.29, 0.717) is 17.1 Å². The van der Waals surface area contributed by atoms with E-state index in [2.05, 4.69) is 0 Å². The molecule has 2 N–H and O–H groups in total. The molecule has 2 amide bonds. The maximum absolute atomic E-state index is 13.1. The largest absolute Gasteiger partial charge is 0.489 e. The van der Waals surface area contributed by atoms with Gasteiger partial charge in [-0.15, -0.1) is 0 Å². The van der Waals surface area contributed by atoms with Gasteiger partial charge in [0.1, 0.15) is 18.2 Å². The van der Waals surface area contributed by atoms with Crippen LogP contribution in [0.25, 0.3) is 6.08 Å². The molecule has 3 aromatic carbocycles. The summed E-state index contributed by atoms with van der Waals surface area (Å²) in [4.78, 5) is 26.4. The van der Waals surface area contributed by atoms with Crippen molar-refractivity contribution in [2.45, 2.75) is 13.2 Å². The first-order valence-electron chi connectivity index (χ1n) is 9.87. The average Bonchev–Trinajstić information content (AvgIpc) is 3.08. The number of halogens is 1. The molecule has 6 nitrogen and oxygen atoms in total. The number of hydrogen-bond acceptors (Lipinski definition) is 6. The first-order valence-corrected chi connectivity index (χ1v) is 10.7. The zero-order valence-electron chi connectivity index (χ0n) is 17.4. The summed E-state index contributed by atoms with van der Waals surface area (Å²) in [5.74, 6) is 0.0168. The normalized spacial score (nSPS) is 14.2. The predicted octanol–water partition coefficient (Wildman–Crippen LogP) is 4.15. The van der Waals surface area contributed by atoms with E-state index in [1.54, 1.807) is 18.2 Å². The van der Waals surface area contributed by atoms with Gasteiger partial charge in [-0.2, -0.15) is 0 Å². The topological polar surface area (TPSA) is 87.1 Å². The van der Waals surface area contributed by atoms with Gasteiger partial charge >= 0.3 is 7.69 Å². The molecule has 0 saturated carbocycles. The van der Waals surface area contributed by atoms with Gasteiger partial charge in [0.15, 0.2) is 0 Å². The van der Waals surface area contributed by atoms with Crippen molar-refractivity contribution < 1.29 is 28.8 Å². The number of carbonyl (C=O) groups is 2. The molecule has 1 radical (unpaired) electrons. The van der Waals surface area contributed by atoms with Gasteiger partial charge < -0.3 is 14.8 Å². The van der Waals surface area contributed by atoms with Crippen molar-refractivity contribution in [1.29, 1.82) is 0 Å². The molecular weight excluding hydrogens is 444 g/mol. The molecule has 0 aromatic heterocycles. The first kappa shape index (κ1) is 24.3. The van der Waals surface area contributed by atoms with Crippen LogP contribution in [0.2, 0.25) is 0 Å². The number of nitrogens with zero attached hydrogens (tertiary/aromatic N) is 1. The lowest BCUT2D eigenvalue weighted by molar-refractivity contribution is -0.123. The second-order valence-electron chi connectivity index (χ2n) is 6.85. The fraction of sp³-hybridized carbons (Fsp3) is 0.0833. The third kappa shape index (κ3) is 7.05. The Labute approximate surface area is 195 Å². The fourth-order valence-corrected chi connectivity index (χ4v) is 3.80. The summed E-state index contributed by atoms with van der Waals surface area (Å²) < 4.78 is 18.8. The lowest BCUT2D eigenvalue weighted by Crippen LogP contribution is -2.27. The van der Waals surface area contributed by atoms with Crippen LogP contribution in [0, 0.1) is 5.82 Å². The Morgan fingerprint density at radius 3 is 2.18 bits per heavy atom. The second-order valence-corrected chi connectivity index (χ2v) is 7.85. The summed E-state index contributed by atoms with van der Waals surface area (Å²) in [6.45, 7) is 0.594. The number of rotatable bonds is 6. The van der Waals surface area contributed by atoms with Gasteiger partial charge in [0, 0.05) is 0 Å². The third-order valence-electron chi connectivity index (χ3n) is 4.55. The van der Waals surface area contributed by atoms with Gasteiger partial charge in [-0.1, -0.05) is 54.6 Å². The summed E-state index contributed by atoms with van der Waals surface area (Å²) in [6, 6.07) is 23.0.